The van der Waals surface area contributed by atoms with Crippen LogP contribution in [0.1, 0.15) is 22.2 Å². The van der Waals surface area contributed by atoms with E-state index in [1.54, 1.807) is 18.4 Å². The molecule has 0 aliphatic rings. The van der Waals surface area contributed by atoms with E-state index in [9.17, 15) is 4.79 Å². The van der Waals surface area contributed by atoms with Crippen LogP contribution in [0.2, 0.25) is 0 Å². The number of carbonyl (C=O) groups excluding carboxylic acids is 1. The predicted octanol–water partition coefficient (Wildman–Crippen LogP) is 2.87. The smallest absolute Gasteiger partial charge is 0.257 e. The number of nitrogens with one attached hydrogen (secondary N) is 2. The zero-order chi connectivity index (χ0) is 17.4. The van der Waals surface area contributed by atoms with Crippen LogP contribution in [0.3, 0.4) is 0 Å². The SMILES string of the molecule is CCNC(=O)COc1ccc(CNCc2ccc(C)s2)cc1OC. The van der Waals surface area contributed by atoms with Gasteiger partial charge in [0.15, 0.2) is 18.1 Å². The minimum absolute atomic E-state index is 0.0144. The molecule has 2 N–H and O–H groups in total. The first-order valence-corrected chi connectivity index (χ1v) is 8.76. The molecule has 1 amide bonds. The third-order valence-electron chi connectivity index (χ3n) is 3.39. The van der Waals surface area contributed by atoms with Crippen molar-refractivity contribution in [1.82, 2.24) is 10.6 Å². The number of rotatable bonds is 9. The Kier molecular flexibility index (Phi) is 7.08. The van der Waals surface area contributed by atoms with E-state index in [0.29, 0.717) is 18.0 Å². The van der Waals surface area contributed by atoms with Crippen LogP contribution in [0.25, 0.3) is 0 Å². The number of hydrogen-bond acceptors (Lipinski definition) is 5. The van der Waals surface area contributed by atoms with Crippen molar-refractivity contribution in [3.05, 3.63) is 45.6 Å². The molecule has 0 spiro atoms. The van der Waals surface area contributed by atoms with Crippen LogP contribution in [0.15, 0.2) is 30.3 Å². The molecule has 130 valence electrons. The van der Waals surface area contributed by atoms with E-state index in [-0.39, 0.29) is 12.5 Å². The van der Waals surface area contributed by atoms with Crippen LogP contribution in [0.4, 0.5) is 0 Å². The van der Waals surface area contributed by atoms with Crippen LogP contribution >= 0.6 is 11.3 Å². The molecule has 0 bridgehead atoms. The second kappa shape index (κ2) is 9.30. The van der Waals surface area contributed by atoms with Crippen molar-refractivity contribution in [3.63, 3.8) is 0 Å². The van der Waals surface area contributed by atoms with E-state index in [1.165, 1.54) is 9.75 Å². The Hall–Kier alpha value is -2.05. The lowest BCUT2D eigenvalue weighted by Crippen LogP contribution is -2.28. The summed E-state index contributed by atoms with van der Waals surface area (Å²) in [5.41, 5.74) is 1.10. The van der Waals surface area contributed by atoms with E-state index >= 15 is 0 Å². The number of amides is 1. The van der Waals surface area contributed by atoms with Crippen LogP contribution in [0.5, 0.6) is 11.5 Å². The largest absolute Gasteiger partial charge is 0.493 e. The van der Waals surface area contributed by atoms with Gasteiger partial charge in [0.05, 0.1) is 7.11 Å². The normalized spacial score (nSPS) is 10.5. The van der Waals surface area contributed by atoms with Gasteiger partial charge in [-0.25, -0.2) is 0 Å². The molecule has 0 unspecified atom stereocenters. The highest BCUT2D eigenvalue weighted by Gasteiger charge is 2.08. The Morgan fingerprint density at radius 2 is 2.00 bits per heavy atom. The first-order chi connectivity index (χ1) is 11.6. The van der Waals surface area contributed by atoms with E-state index in [0.717, 1.165) is 18.7 Å². The van der Waals surface area contributed by atoms with Crippen molar-refractivity contribution < 1.29 is 14.3 Å². The Bertz CT molecular complexity index is 670. The molecule has 1 heterocycles. The maximum absolute atomic E-state index is 11.5. The van der Waals surface area contributed by atoms with Crippen LogP contribution in [-0.4, -0.2) is 26.2 Å². The predicted molar refractivity (Wildman–Crippen MR) is 96.8 cm³/mol. The number of likely N-dealkylation sites (N-methyl/N-ethyl adjacent to an activating group) is 1. The molecule has 6 heteroatoms. The highest BCUT2D eigenvalue weighted by Crippen LogP contribution is 2.28. The van der Waals surface area contributed by atoms with Crippen molar-refractivity contribution in [3.8, 4) is 11.5 Å². The van der Waals surface area contributed by atoms with Crippen molar-refractivity contribution in [2.75, 3.05) is 20.3 Å². The van der Waals surface area contributed by atoms with Gasteiger partial charge in [-0.15, -0.1) is 11.3 Å². The lowest BCUT2D eigenvalue weighted by atomic mass is 10.2. The number of hydrogen-bond donors (Lipinski definition) is 2. The molecule has 24 heavy (non-hydrogen) atoms. The molecule has 0 radical (unpaired) electrons. The molecule has 0 saturated heterocycles. The van der Waals surface area contributed by atoms with Gasteiger partial charge in [-0.05, 0) is 43.7 Å². The molecule has 0 aliphatic heterocycles. The molecule has 2 rings (SSSR count). The van der Waals surface area contributed by atoms with Gasteiger partial charge in [-0.3, -0.25) is 4.79 Å². The molecule has 5 nitrogen and oxygen atoms in total. The summed E-state index contributed by atoms with van der Waals surface area (Å²) in [6, 6.07) is 10.0. The maximum atomic E-state index is 11.5. The standard InChI is InChI=1S/C18H24N2O3S/c1-4-20-18(21)12-23-16-8-6-14(9-17(16)22-3)10-19-11-15-7-5-13(2)24-15/h5-9,19H,4,10-12H2,1-3H3,(H,20,21). The third-order valence-corrected chi connectivity index (χ3v) is 4.39. The quantitative estimate of drug-likeness (QED) is 0.732. The van der Waals surface area contributed by atoms with E-state index in [4.69, 9.17) is 9.47 Å². The maximum Gasteiger partial charge on any atom is 0.257 e. The summed E-state index contributed by atoms with van der Waals surface area (Å²) in [6.07, 6.45) is 0. The van der Waals surface area contributed by atoms with Gasteiger partial charge in [-0.1, -0.05) is 6.07 Å². The minimum atomic E-state index is -0.142. The number of methoxy groups -OCH3 is 1. The molecular formula is C18H24N2O3S. The lowest BCUT2D eigenvalue weighted by Gasteiger charge is -2.12. The van der Waals surface area contributed by atoms with Gasteiger partial charge in [-0.2, -0.15) is 0 Å². The Morgan fingerprint density at radius 3 is 2.67 bits per heavy atom. The number of benzene rings is 1. The monoisotopic (exact) mass is 348 g/mol. The first-order valence-electron chi connectivity index (χ1n) is 7.94. The lowest BCUT2D eigenvalue weighted by molar-refractivity contribution is -0.123. The summed E-state index contributed by atoms with van der Waals surface area (Å²) < 4.78 is 10.9. The molecule has 0 saturated carbocycles. The summed E-state index contributed by atoms with van der Waals surface area (Å²) in [5.74, 6) is 1.06. The number of carbonyl (C=O) groups is 1. The fraction of sp³-hybridized carbons (Fsp3) is 0.389. The number of aryl methyl sites for hydroxylation is 1. The molecule has 1 aromatic heterocycles. The van der Waals surface area contributed by atoms with Gasteiger partial charge in [0.25, 0.3) is 5.91 Å². The second-order valence-corrected chi connectivity index (χ2v) is 6.72. The van der Waals surface area contributed by atoms with Crippen molar-refractivity contribution in [2.24, 2.45) is 0 Å². The van der Waals surface area contributed by atoms with Crippen molar-refractivity contribution >= 4 is 17.2 Å². The summed E-state index contributed by atoms with van der Waals surface area (Å²) in [4.78, 5) is 14.1. The molecule has 0 aliphatic carbocycles. The van der Waals surface area contributed by atoms with E-state index < -0.39 is 0 Å². The summed E-state index contributed by atoms with van der Waals surface area (Å²) >= 11 is 1.80. The number of thiophene rings is 1. The molecule has 2 aromatic rings. The molecule has 0 fully saturated rings. The summed E-state index contributed by atoms with van der Waals surface area (Å²) in [7, 11) is 1.60. The average Bonchev–Trinajstić information content (AvgIpc) is 2.99. The van der Waals surface area contributed by atoms with Gasteiger partial charge in [0, 0.05) is 29.4 Å². The van der Waals surface area contributed by atoms with Gasteiger partial charge in [0.2, 0.25) is 0 Å². The van der Waals surface area contributed by atoms with Crippen molar-refractivity contribution in [2.45, 2.75) is 26.9 Å². The topological polar surface area (TPSA) is 59.6 Å². The van der Waals surface area contributed by atoms with E-state index in [2.05, 4.69) is 29.7 Å². The van der Waals surface area contributed by atoms with Crippen LogP contribution < -0.4 is 20.1 Å². The fourth-order valence-electron chi connectivity index (χ4n) is 2.24. The zero-order valence-electron chi connectivity index (χ0n) is 14.3. The zero-order valence-corrected chi connectivity index (χ0v) is 15.2. The van der Waals surface area contributed by atoms with Gasteiger partial charge >= 0.3 is 0 Å². The third kappa shape index (κ3) is 5.54. The number of ether oxygens (including phenoxy) is 2. The fourth-order valence-corrected chi connectivity index (χ4v) is 3.10. The van der Waals surface area contributed by atoms with E-state index in [1.807, 2.05) is 25.1 Å². The summed E-state index contributed by atoms with van der Waals surface area (Å²) in [6.45, 7) is 6.14. The molecular weight excluding hydrogens is 324 g/mol. The Labute approximate surface area is 147 Å². The molecule has 0 atom stereocenters. The molecule has 1 aromatic carbocycles. The Balaban J connectivity index is 1.88. The highest BCUT2D eigenvalue weighted by atomic mass is 32.1. The average molecular weight is 348 g/mol. The van der Waals surface area contributed by atoms with Crippen LogP contribution in [-0.2, 0) is 17.9 Å². The summed E-state index contributed by atoms with van der Waals surface area (Å²) in [5, 5.41) is 6.12. The van der Waals surface area contributed by atoms with Gasteiger partial charge in [0.1, 0.15) is 0 Å². The second-order valence-electron chi connectivity index (χ2n) is 5.34. The Morgan fingerprint density at radius 1 is 1.17 bits per heavy atom. The van der Waals surface area contributed by atoms with Crippen molar-refractivity contribution in [1.29, 1.82) is 0 Å². The highest BCUT2D eigenvalue weighted by molar-refractivity contribution is 7.11. The minimum Gasteiger partial charge on any atom is -0.493 e. The first kappa shape index (κ1) is 18.3. The van der Waals surface area contributed by atoms with Crippen LogP contribution in [0, 0.1) is 6.92 Å². The van der Waals surface area contributed by atoms with Gasteiger partial charge < -0.3 is 20.1 Å².